The first-order valence-corrected chi connectivity index (χ1v) is 20.7. The van der Waals surface area contributed by atoms with E-state index in [0.29, 0.717) is 35.8 Å². The largest absolute Gasteiger partial charge is 0.497 e. The molecule has 2 atom stereocenters. The minimum Gasteiger partial charge on any atom is -0.497 e. The van der Waals surface area contributed by atoms with Gasteiger partial charge >= 0.3 is 17.7 Å². The average Bonchev–Trinajstić information content (AvgIpc) is 3.85. The molecule has 2 aliphatic heterocycles. The monoisotopic (exact) mass is 851 g/mol. The molecule has 0 saturated carbocycles. The van der Waals surface area contributed by atoms with Crippen molar-refractivity contribution in [1.82, 2.24) is 34.4 Å². The van der Waals surface area contributed by atoms with Gasteiger partial charge in [-0.15, -0.1) is 11.8 Å². The van der Waals surface area contributed by atoms with E-state index < -0.39 is 40.9 Å². The fourth-order valence-corrected chi connectivity index (χ4v) is 8.08. The van der Waals surface area contributed by atoms with Crippen LogP contribution >= 0.6 is 23.3 Å². The van der Waals surface area contributed by atoms with Gasteiger partial charge in [0.25, 0.3) is 11.8 Å². The van der Waals surface area contributed by atoms with Crippen molar-refractivity contribution < 1.29 is 47.9 Å². The Kier molecular flexibility index (Phi) is 14.1. The Balaban J connectivity index is 1.22. The molecule has 1 aromatic carbocycles. The Morgan fingerprint density at radius 3 is 2.66 bits per heavy atom. The molecule has 3 aromatic heterocycles. The third-order valence-corrected chi connectivity index (χ3v) is 10.8. The first-order chi connectivity index (χ1) is 28.4. The number of amides is 3. The van der Waals surface area contributed by atoms with E-state index in [4.69, 9.17) is 24.2 Å². The van der Waals surface area contributed by atoms with Crippen molar-refractivity contribution in [3.05, 3.63) is 71.6 Å². The van der Waals surface area contributed by atoms with Crippen LogP contribution in [0.2, 0.25) is 0 Å². The van der Waals surface area contributed by atoms with E-state index in [1.165, 1.54) is 16.7 Å². The van der Waals surface area contributed by atoms with Gasteiger partial charge < -0.3 is 39.4 Å². The fourth-order valence-electron chi connectivity index (χ4n) is 6.19. The number of carbonyl (C=O) groups excluding carboxylic acids is 4. The summed E-state index contributed by atoms with van der Waals surface area (Å²) in [5.74, 6) is -1.16. The molecular formula is C38H47N10O9S2+. The number of rotatable bonds is 18. The molecular weight excluding hydrogens is 805 g/mol. The predicted octanol–water partition coefficient (Wildman–Crippen LogP) is 2.34. The summed E-state index contributed by atoms with van der Waals surface area (Å²) in [5, 5.41) is 20.8. The average molecular weight is 852 g/mol. The van der Waals surface area contributed by atoms with Gasteiger partial charge in [0.2, 0.25) is 23.0 Å². The summed E-state index contributed by atoms with van der Waals surface area (Å²) in [5.41, 5.74) is 1.99. The Bertz CT molecular complexity index is 2220. The lowest BCUT2D eigenvalue weighted by atomic mass is 10.0. The minimum atomic E-state index is -1.04. The fraction of sp³-hybridized carbons (Fsp3) is 0.447. The highest BCUT2D eigenvalue weighted by Crippen LogP contribution is 2.41. The molecule has 2 aliphatic rings. The van der Waals surface area contributed by atoms with Crippen LogP contribution < -0.4 is 25.3 Å². The Labute approximate surface area is 348 Å². The second-order valence-electron chi connectivity index (χ2n) is 14.3. The van der Waals surface area contributed by atoms with Crippen LogP contribution in [-0.2, 0) is 48.4 Å². The number of imidazole rings is 1. The highest BCUT2D eigenvalue weighted by molar-refractivity contribution is 8.00. The number of aromatic nitrogens is 5. The van der Waals surface area contributed by atoms with E-state index >= 15 is 0 Å². The van der Waals surface area contributed by atoms with Gasteiger partial charge in [-0.3, -0.25) is 19.8 Å². The number of oxime groups is 1. The predicted molar refractivity (Wildman–Crippen MR) is 217 cm³/mol. The lowest BCUT2D eigenvalue weighted by molar-refractivity contribution is -0.664. The van der Waals surface area contributed by atoms with Crippen molar-refractivity contribution in [3.8, 4) is 5.75 Å². The normalized spacial score (nSPS) is 16.7. The molecule has 0 spiro atoms. The number of anilines is 1. The molecule has 3 amide bonds. The highest BCUT2D eigenvalue weighted by Gasteiger charge is 2.55. The molecule has 4 N–H and O–H groups in total. The molecule has 19 nitrogen and oxygen atoms in total. The van der Waals surface area contributed by atoms with Gasteiger partial charge in [-0.25, -0.2) is 14.2 Å². The number of hydrogen-bond acceptors (Lipinski definition) is 16. The Morgan fingerprint density at radius 1 is 1.14 bits per heavy atom. The van der Waals surface area contributed by atoms with E-state index in [0.717, 1.165) is 35.6 Å². The van der Waals surface area contributed by atoms with Gasteiger partial charge in [-0.2, -0.15) is 9.36 Å². The van der Waals surface area contributed by atoms with E-state index in [1.807, 2.05) is 27.5 Å². The van der Waals surface area contributed by atoms with Crippen molar-refractivity contribution >= 4 is 69.2 Å². The Morgan fingerprint density at radius 2 is 1.93 bits per heavy atom. The quantitative estimate of drug-likeness (QED) is 0.0282. The highest BCUT2D eigenvalue weighted by atomic mass is 32.2. The van der Waals surface area contributed by atoms with E-state index in [9.17, 15) is 19.2 Å². The van der Waals surface area contributed by atoms with Crippen LogP contribution in [-0.4, -0.2) is 115 Å². The number of esters is 1. The molecule has 314 valence electrons. The number of thioether (sulfide) groups is 1. The zero-order valence-electron chi connectivity index (χ0n) is 33.3. The minimum absolute atomic E-state index is 0.0530. The molecule has 21 heteroatoms. The van der Waals surface area contributed by atoms with Crippen molar-refractivity contribution in [2.75, 3.05) is 44.5 Å². The number of carbonyl (C=O) groups is 4. The van der Waals surface area contributed by atoms with E-state index in [2.05, 4.69) is 35.4 Å². The zero-order chi connectivity index (χ0) is 42.1. The molecule has 6 rings (SSSR count). The third kappa shape index (κ3) is 10.5. The van der Waals surface area contributed by atoms with Gasteiger partial charge in [0, 0.05) is 35.9 Å². The van der Waals surface area contributed by atoms with Crippen LogP contribution in [0.5, 0.6) is 5.75 Å². The number of aryl methyl sites for hydroxylation is 1. The molecule has 0 radical (unpaired) electrons. The van der Waals surface area contributed by atoms with E-state index in [-0.39, 0.29) is 48.7 Å². The summed E-state index contributed by atoms with van der Waals surface area (Å²) in [7, 11) is 1.56. The molecule has 0 bridgehead atoms. The number of hydrogen-bond donors (Lipinski definition) is 4. The summed E-state index contributed by atoms with van der Waals surface area (Å²) >= 11 is 2.19. The third-order valence-electron chi connectivity index (χ3n) is 8.85. The van der Waals surface area contributed by atoms with Crippen LogP contribution in [0.1, 0.15) is 45.5 Å². The first kappa shape index (κ1) is 43.0. The number of aliphatic hydroxyl groups is 1. The maximum atomic E-state index is 14.1. The van der Waals surface area contributed by atoms with Crippen LogP contribution in [0.25, 0.3) is 11.2 Å². The number of nitrogens with one attached hydrogen (secondary N) is 3. The van der Waals surface area contributed by atoms with Crippen molar-refractivity contribution in [2.24, 2.45) is 5.16 Å². The van der Waals surface area contributed by atoms with Gasteiger partial charge in [-0.1, -0.05) is 17.3 Å². The summed E-state index contributed by atoms with van der Waals surface area (Å²) in [4.78, 5) is 69.6. The number of ether oxygens (including phenoxy) is 3. The number of nitrogens with zero attached hydrogens (tertiary/aromatic N) is 7. The summed E-state index contributed by atoms with van der Waals surface area (Å²) in [6, 6.07) is 9.93. The van der Waals surface area contributed by atoms with Crippen molar-refractivity contribution in [3.63, 3.8) is 0 Å². The number of β-lactam (4-membered cyclic amide) rings is 1. The van der Waals surface area contributed by atoms with Gasteiger partial charge in [0.1, 0.15) is 53.7 Å². The second kappa shape index (κ2) is 19.4. The number of fused-ring (bicyclic) bond motifs is 2. The molecule has 59 heavy (non-hydrogen) atoms. The number of benzene rings is 1. The maximum absolute atomic E-state index is 14.1. The van der Waals surface area contributed by atoms with Gasteiger partial charge in [0.05, 0.1) is 19.9 Å². The lowest BCUT2D eigenvalue weighted by Gasteiger charge is -2.49. The molecule has 1 fully saturated rings. The van der Waals surface area contributed by atoms with Gasteiger partial charge in [-0.05, 0) is 75.5 Å². The molecule has 1 saturated heterocycles. The standard InChI is InChI=1S/C38H46N10O9S2/c1-6-56-44-27(30-42-36(59-45-30)43-37(53)57-38(2,3)4)32(50)41-28-33(51)48-29(35(52)55-20-23-10-12-25(54-5)13-11-23)24(21-58-34(28)48)19-46-16-7-9-26-31(46)40-22-47(26)17-8-14-39-15-18-49/h7,9-13,16,22,28,34,39,49H,6,8,14-15,17-21H2,1-5H3,(H-,41,42,43,45,50,53)/p+1/b44-27-. The lowest BCUT2D eigenvalue weighted by Crippen LogP contribution is -2.71. The number of methoxy groups -OCH3 is 1. The second-order valence-corrected chi connectivity index (χ2v) is 16.1. The molecule has 2 unspecified atom stereocenters. The smallest absolute Gasteiger partial charge is 0.414 e. The molecule has 4 aromatic rings. The summed E-state index contributed by atoms with van der Waals surface area (Å²) in [6.07, 6.45) is 3.71. The SMILES string of the molecule is CCO/N=C(\C(=O)NC1C(=O)N2C(C(=O)OCc3ccc(OC)cc3)=C(C[n+]3cccc4c3ncn4CCCNCCO)CSC12)c1nsc(NC(=O)OC(C)(C)C)n1. The molecule has 5 heterocycles. The maximum Gasteiger partial charge on any atom is 0.414 e. The molecule has 0 aliphatic carbocycles. The van der Waals surface area contributed by atoms with Crippen molar-refractivity contribution in [2.45, 2.75) is 70.8 Å². The zero-order valence-corrected chi connectivity index (χ0v) is 34.9. The number of pyridine rings is 1. The first-order valence-electron chi connectivity index (χ1n) is 18.9. The van der Waals surface area contributed by atoms with Crippen LogP contribution in [0.4, 0.5) is 9.93 Å². The van der Waals surface area contributed by atoms with Crippen LogP contribution in [0.3, 0.4) is 0 Å². The summed E-state index contributed by atoms with van der Waals surface area (Å²) in [6.45, 7) is 9.19. The number of aliphatic hydroxyl groups excluding tert-OH is 1. The van der Waals surface area contributed by atoms with Crippen LogP contribution in [0, 0.1) is 0 Å². The Hall–Kier alpha value is -5.64. The van der Waals surface area contributed by atoms with Gasteiger partial charge in [0.15, 0.2) is 0 Å². The van der Waals surface area contributed by atoms with Crippen LogP contribution in [0.15, 0.2) is 65.3 Å². The van der Waals surface area contributed by atoms with E-state index in [1.54, 1.807) is 65.4 Å². The topological polar surface area (TPSA) is 225 Å². The summed E-state index contributed by atoms with van der Waals surface area (Å²) < 4.78 is 24.5. The van der Waals surface area contributed by atoms with Crippen molar-refractivity contribution in [1.29, 1.82) is 0 Å².